The Kier molecular flexibility index (Phi) is 5.42. The SMILES string of the molecule is [2H]c1c([2H])c([2H])c2c(-c3c4c([2H])c([2H])c([2H])c([2H])c4c(-c4c([2H])c([2H])c([2H])c5c([2H])c([2H])c(-c6c([2H])c([2H])c7c(oc8c([2H])c([2H])c9c([2H])c([2H])c([2H])c([2H])c9c87)c6[2H])c([2H])c45)c4c([2H])c([2H])c([2H])c([2H])c34)c([2H])c([2H])c([2H])c2c1[2H].[2H]c1c([2H])c([2H])c2c([2H])c(-c3c4c([2H])c([2H])c([2H])c([2H])c4c(-c4c([2H])c([2H])c([2H])c5c([2H])c([2H])c(-c6c([2H])c([2H])c7c(oc8c([2H])c([2H])c9c([2H])c([2H])c([2H])c([2H])c9c87)c6[2H])c([2H])c45)c4c([2H])c([2H])c([2H])c([2H])c34)c([2H])c([2H])c2c1[2H]. The maximum Gasteiger partial charge on any atom is 0.136 e. The van der Waals surface area contributed by atoms with E-state index in [9.17, 15) is 34.3 Å². The monoisotopic (exact) mass is 1350 g/mol. The van der Waals surface area contributed by atoms with Gasteiger partial charge in [0.25, 0.3) is 0 Å². The fraction of sp³-hybridized carbons (Fsp3) is 0. The summed E-state index contributed by atoms with van der Waals surface area (Å²) in [6, 6.07) is -56.4. The van der Waals surface area contributed by atoms with Crippen molar-refractivity contribution in [1.82, 2.24) is 0 Å². The summed E-state index contributed by atoms with van der Waals surface area (Å²) in [7, 11) is 0. The number of benzene rings is 20. The molecule has 2 aromatic heterocycles. The van der Waals surface area contributed by atoms with E-state index in [2.05, 4.69) is 0 Å². The van der Waals surface area contributed by atoms with Crippen molar-refractivity contribution in [3.8, 4) is 66.8 Å². The lowest BCUT2D eigenvalue weighted by Crippen LogP contribution is -1.92. The van der Waals surface area contributed by atoms with Crippen molar-refractivity contribution < 1.29 is 91.1 Å². The molecule has 0 aliphatic heterocycles. The third-order valence-corrected chi connectivity index (χ3v) is 17.1. The molecule has 0 saturated carbocycles. The largest absolute Gasteiger partial charge is 0.456 e. The van der Waals surface area contributed by atoms with Gasteiger partial charge in [0.15, 0.2) is 0 Å². The Morgan fingerprint density at radius 2 is 0.441 bits per heavy atom. The molecule has 2 nitrogen and oxygen atoms in total. The van der Waals surface area contributed by atoms with Gasteiger partial charge in [-0.2, -0.15) is 0 Å². The van der Waals surface area contributed by atoms with Crippen molar-refractivity contribution in [2.45, 2.75) is 0 Å². The first-order valence-electron chi connectivity index (χ1n) is 60.3. The normalized spacial score (nSPS) is 20.2. The van der Waals surface area contributed by atoms with Crippen LogP contribution in [0.5, 0.6) is 0 Å². The van der Waals surface area contributed by atoms with Crippen LogP contribution in [0.2, 0.25) is 0 Å². The third kappa shape index (κ3) is 9.13. The van der Waals surface area contributed by atoms with E-state index in [1.54, 1.807) is 0 Å². The van der Waals surface area contributed by atoms with E-state index < -0.39 is 570 Å². The van der Waals surface area contributed by atoms with Crippen LogP contribution in [-0.4, -0.2) is 0 Å². The number of fused-ring (bicyclic) bond motifs is 18. The Morgan fingerprint density at radius 1 is 0.157 bits per heavy atom. The molecule has 0 fully saturated rings. The molecule has 0 saturated heterocycles. The predicted molar refractivity (Wildman–Crippen MR) is 435 cm³/mol. The van der Waals surface area contributed by atoms with Crippen molar-refractivity contribution in [1.29, 1.82) is 0 Å². The average Bonchev–Trinajstić information content (AvgIpc) is 1.07. The van der Waals surface area contributed by atoms with Gasteiger partial charge in [0.05, 0.1) is 82.2 Å². The van der Waals surface area contributed by atoms with Crippen LogP contribution in [-0.2, 0) is 0 Å². The molecule has 0 amide bonds. The molecule has 2 heterocycles. The van der Waals surface area contributed by atoms with Crippen molar-refractivity contribution in [3.05, 3.63) is 363 Å². The molecule has 2 heteroatoms. The second-order valence-corrected chi connectivity index (χ2v) is 22.5. The highest BCUT2D eigenvalue weighted by molar-refractivity contribution is 6.28. The zero-order valence-electron chi connectivity index (χ0n) is 111. The van der Waals surface area contributed by atoms with E-state index in [0.29, 0.717) is 0 Å². The minimum absolute atomic E-state index is 0.357. The molecule has 0 spiro atoms. The molecule has 20 aromatic carbocycles. The first-order valence-corrected chi connectivity index (χ1v) is 30.3. The molecule has 0 N–H and O–H groups in total. The summed E-state index contributed by atoms with van der Waals surface area (Å²) in [5.41, 5.74) is -12.2. The van der Waals surface area contributed by atoms with Gasteiger partial charge in [-0.3, -0.25) is 0 Å². The van der Waals surface area contributed by atoms with Gasteiger partial charge in [0.2, 0.25) is 0 Å². The minimum Gasteiger partial charge on any atom is -0.456 e. The lowest BCUT2D eigenvalue weighted by molar-refractivity contribution is 0.669. The molecule has 0 aliphatic rings. The number of hydrogen-bond donors (Lipinski definition) is 0. The highest BCUT2D eigenvalue weighted by atomic mass is 16.3. The predicted octanol–water partition coefficient (Wildman–Crippen LogP) is 28.7. The third-order valence-electron chi connectivity index (χ3n) is 17.1. The van der Waals surface area contributed by atoms with E-state index in [0.717, 1.165) is 0 Å². The second kappa shape index (κ2) is 23.1. The number of furan rings is 2. The van der Waals surface area contributed by atoms with Crippen LogP contribution < -0.4 is 0 Å². The fourth-order valence-electron chi connectivity index (χ4n) is 12.7. The van der Waals surface area contributed by atoms with Crippen molar-refractivity contribution in [2.24, 2.45) is 0 Å². The molecule has 0 unspecified atom stereocenters. The van der Waals surface area contributed by atoms with E-state index in [1.165, 1.54) is 0 Å². The van der Waals surface area contributed by atoms with E-state index in [-0.39, 0.29) is 10.8 Å². The van der Waals surface area contributed by atoms with Gasteiger partial charge in [-0.15, -0.1) is 0 Å². The van der Waals surface area contributed by atoms with E-state index in [4.69, 9.17) is 56.8 Å². The number of rotatable bonds is 6. The van der Waals surface area contributed by atoms with Crippen molar-refractivity contribution in [2.75, 3.05) is 0 Å². The fourth-order valence-corrected chi connectivity index (χ4v) is 12.7. The molecule has 0 bridgehead atoms. The lowest BCUT2D eigenvalue weighted by Gasteiger charge is -2.20. The van der Waals surface area contributed by atoms with Gasteiger partial charge in [0, 0.05) is 21.5 Å². The van der Waals surface area contributed by atoms with Crippen molar-refractivity contribution >= 4 is 152 Å². The van der Waals surface area contributed by atoms with Crippen molar-refractivity contribution in [3.63, 3.8) is 0 Å². The quantitative estimate of drug-likeness (QED) is 0.155. The molecule has 22 aromatic rings. The van der Waals surface area contributed by atoms with Crippen LogP contribution in [0.15, 0.2) is 371 Å². The van der Waals surface area contributed by atoms with E-state index in [1.807, 2.05) is 0 Å². The van der Waals surface area contributed by atoms with Crippen LogP contribution in [0.3, 0.4) is 0 Å². The zero-order chi connectivity index (χ0) is 119. The van der Waals surface area contributed by atoms with Crippen LogP contribution in [0, 0.1) is 0 Å². The minimum atomic E-state index is -1.09. The summed E-state index contributed by atoms with van der Waals surface area (Å²) in [4.78, 5) is 0. The van der Waals surface area contributed by atoms with Crippen LogP contribution in [0.1, 0.15) is 82.2 Å². The summed E-state index contributed by atoms with van der Waals surface area (Å²) in [5.74, 6) is 0. The summed E-state index contributed by atoms with van der Waals surface area (Å²) in [6.45, 7) is 0. The van der Waals surface area contributed by atoms with Crippen LogP contribution >= 0.6 is 0 Å². The van der Waals surface area contributed by atoms with Gasteiger partial charge >= 0.3 is 0 Å². The molecular formula is C100H60O2. The van der Waals surface area contributed by atoms with Gasteiger partial charge in [-0.1, -0.05) is 308 Å². The molecule has 0 atom stereocenters. The van der Waals surface area contributed by atoms with Gasteiger partial charge in [0.1, 0.15) is 22.3 Å². The Morgan fingerprint density at radius 3 is 0.873 bits per heavy atom. The summed E-state index contributed by atoms with van der Waals surface area (Å²) in [6.07, 6.45) is 0. The lowest BCUT2D eigenvalue weighted by atomic mass is 9.83. The van der Waals surface area contributed by atoms with Crippen LogP contribution in [0.25, 0.3) is 218 Å². The Balaban J connectivity index is 0.000000186. The van der Waals surface area contributed by atoms with Gasteiger partial charge in [-0.25, -0.2) is 0 Å². The zero-order valence-corrected chi connectivity index (χ0v) is 50.8. The maximum atomic E-state index is 10.0. The standard InChI is InChI=1S/2C50H30O/c1-3-15-36-31(11-1)13-9-21-38(36)48-39-17-5-7-19-41(39)49(42-20-8-6-18-40(42)48)43-22-10-14-33-23-24-34(29-45(33)43)35-25-27-44-47(30-35)51-46-28-26-32-12-2-4-16-37(32)50(44)46;1-2-12-34-28-37(23-20-31(34)10-1)48-39-15-5-7-17-41(39)49(42-18-8-6-16-40(42)48)43-19-9-13-33-21-22-35(29-45(33)43)36-24-26-44-47(30-36)51-46-27-25-32-11-3-4-14-38(32)50(44)46/h2*1-30H/i2*1D,2D,3D,4D,5D,6D,7D,8D,9D,10D,11D,12D,13D,14D,15D,16D,17D,18D,19D,20D,21D,22D,23D,24D,25D,26D,27D,28D,29D,30D. The van der Waals surface area contributed by atoms with E-state index >= 15 is 0 Å². The second-order valence-electron chi connectivity index (χ2n) is 22.5. The highest BCUT2D eigenvalue weighted by Gasteiger charge is 2.23. The first kappa shape index (κ1) is 23.9. The van der Waals surface area contributed by atoms with Crippen LogP contribution in [0.4, 0.5) is 0 Å². The molecular weight excluding hydrogens is 1230 g/mol. The topological polar surface area (TPSA) is 26.3 Å². The molecule has 472 valence electrons. The summed E-state index contributed by atoms with van der Waals surface area (Å²) >= 11 is 0. The molecule has 0 radical (unpaired) electrons. The molecule has 102 heavy (non-hydrogen) atoms. The number of hydrogen-bond acceptors (Lipinski definition) is 2. The Bertz CT molecular complexity index is 10900. The Labute approximate surface area is 671 Å². The summed E-state index contributed by atoms with van der Waals surface area (Å²) < 4.78 is 558. The van der Waals surface area contributed by atoms with Gasteiger partial charge < -0.3 is 8.83 Å². The molecule has 0 aliphatic carbocycles. The van der Waals surface area contributed by atoms with Gasteiger partial charge in [-0.05, 0) is 229 Å². The first-order chi connectivity index (χ1) is 75.6. The highest BCUT2D eigenvalue weighted by Crippen LogP contribution is 2.50. The Hall–Kier alpha value is -13.4. The smallest absolute Gasteiger partial charge is 0.136 e. The molecule has 22 rings (SSSR count). The summed E-state index contributed by atoms with van der Waals surface area (Å²) in [5, 5.41) is -15.4. The average molecular weight is 1350 g/mol. The maximum absolute atomic E-state index is 10.0.